The molecule has 0 spiro atoms. The summed E-state index contributed by atoms with van der Waals surface area (Å²) >= 11 is 0. The number of halogens is 1. The minimum atomic E-state index is -0.945. The normalized spacial score (nSPS) is 20.3. The van der Waals surface area contributed by atoms with Gasteiger partial charge >= 0.3 is 6.09 Å². The Morgan fingerprint density at radius 1 is 1.52 bits per heavy atom. The zero-order chi connectivity index (χ0) is 15.2. The minimum Gasteiger partial charge on any atom is -0.465 e. The van der Waals surface area contributed by atoms with Gasteiger partial charge in [-0.25, -0.2) is 9.18 Å². The lowest BCUT2D eigenvalue weighted by atomic mass is 9.88. The third-order valence-corrected chi connectivity index (χ3v) is 3.72. The molecule has 0 bridgehead atoms. The smallest absolute Gasteiger partial charge is 0.407 e. The Morgan fingerprint density at radius 3 is 3.00 bits per heavy atom. The van der Waals surface area contributed by atoms with Gasteiger partial charge in [0.2, 0.25) is 0 Å². The van der Waals surface area contributed by atoms with Gasteiger partial charge in [0.05, 0.1) is 19.3 Å². The van der Waals surface area contributed by atoms with Crippen LogP contribution < -0.4 is 0 Å². The van der Waals surface area contributed by atoms with Crippen molar-refractivity contribution in [3.63, 3.8) is 0 Å². The Balaban J connectivity index is 2.17. The second-order valence-electron chi connectivity index (χ2n) is 5.20. The number of aliphatic hydroxyl groups is 1. The van der Waals surface area contributed by atoms with Crippen LogP contribution in [-0.4, -0.2) is 47.5 Å². The molecule has 2 rings (SSSR count). The minimum absolute atomic E-state index is 0.0387. The van der Waals surface area contributed by atoms with E-state index in [1.54, 1.807) is 12.1 Å². The highest BCUT2D eigenvalue weighted by atomic mass is 19.1. The topological polar surface area (TPSA) is 70.0 Å². The first-order valence-electron chi connectivity index (χ1n) is 7.07. The molecule has 1 aliphatic heterocycles. The van der Waals surface area contributed by atoms with Gasteiger partial charge in [-0.3, -0.25) is 0 Å². The predicted molar refractivity (Wildman–Crippen MR) is 74.5 cm³/mol. The van der Waals surface area contributed by atoms with Crippen LogP contribution in [0.2, 0.25) is 0 Å². The number of hydrogen-bond acceptors (Lipinski definition) is 3. The van der Waals surface area contributed by atoms with Crippen LogP contribution in [0.1, 0.15) is 24.5 Å². The van der Waals surface area contributed by atoms with Crippen LogP contribution in [0.15, 0.2) is 24.3 Å². The Labute approximate surface area is 122 Å². The number of nitrogens with zero attached hydrogens (tertiary/aromatic N) is 1. The molecule has 2 N–H and O–H groups in total. The zero-order valence-electron chi connectivity index (χ0n) is 11.7. The molecule has 2 unspecified atom stereocenters. The van der Waals surface area contributed by atoms with E-state index in [2.05, 4.69) is 0 Å². The van der Waals surface area contributed by atoms with Crippen molar-refractivity contribution in [2.75, 3.05) is 26.3 Å². The fraction of sp³-hybridized carbons (Fsp3) is 0.533. The number of benzene rings is 1. The van der Waals surface area contributed by atoms with Crippen molar-refractivity contribution in [2.45, 2.75) is 18.9 Å². The first-order valence-corrected chi connectivity index (χ1v) is 7.07. The fourth-order valence-corrected chi connectivity index (χ4v) is 2.80. The number of carboxylic acid groups (broad SMARTS) is 1. The van der Waals surface area contributed by atoms with E-state index in [0.717, 1.165) is 12.8 Å². The first-order chi connectivity index (χ1) is 10.1. The predicted octanol–water partition coefficient (Wildman–Crippen LogP) is 2.27. The van der Waals surface area contributed by atoms with Gasteiger partial charge in [-0.05, 0) is 30.5 Å². The highest BCUT2D eigenvalue weighted by molar-refractivity contribution is 5.65. The Bertz CT molecular complexity index is 482. The van der Waals surface area contributed by atoms with Crippen LogP contribution in [0.25, 0.3) is 0 Å². The van der Waals surface area contributed by atoms with Gasteiger partial charge in [0.25, 0.3) is 0 Å². The van der Waals surface area contributed by atoms with E-state index in [0.29, 0.717) is 18.7 Å². The van der Waals surface area contributed by atoms with E-state index in [9.17, 15) is 9.18 Å². The number of amides is 1. The summed E-state index contributed by atoms with van der Waals surface area (Å²) in [6, 6.07) is 6.14. The number of likely N-dealkylation sites (tertiary alicyclic amines) is 1. The zero-order valence-corrected chi connectivity index (χ0v) is 11.7. The Hall–Kier alpha value is -1.66. The molecule has 1 heterocycles. The van der Waals surface area contributed by atoms with Crippen molar-refractivity contribution in [1.29, 1.82) is 0 Å². The summed E-state index contributed by atoms with van der Waals surface area (Å²) in [5, 5.41) is 18.1. The van der Waals surface area contributed by atoms with Gasteiger partial charge in [0, 0.05) is 19.0 Å². The van der Waals surface area contributed by atoms with Crippen LogP contribution >= 0.6 is 0 Å². The molecule has 2 atom stereocenters. The van der Waals surface area contributed by atoms with Crippen LogP contribution in [0.4, 0.5) is 9.18 Å². The van der Waals surface area contributed by atoms with E-state index in [1.165, 1.54) is 17.0 Å². The standard InChI is InChI=1S/C15H20FNO4/c16-13-5-1-3-11(9-13)14(21-8-7-18)12-4-2-6-17(10-12)15(19)20/h1,3,5,9,12,14,18H,2,4,6-8,10H2,(H,19,20). The van der Waals surface area contributed by atoms with E-state index >= 15 is 0 Å². The van der Waals surface area contributed by atoms with Crippen molar-refractivity contribution in [1.82, 2.24) is 4.90 Å². The summed E-state index contributed by atoms with van der Waals surface area (Å²) in [7, 11) is 0. The highest BCUT2D eigenvalue weighted by Gasteiger charge is 2.31. The second kappa shape index (κ2) is 7.38. The van der Waals surface area contributed by atoms with Gasteiger partial charge in [0.1, 0.15) is 5.82 Å². The number of piperidine rings is 1. The summed E-state index contributed by atoms with van der Waals surface area (Å²) < 4.78 is 19.1. The van der Waals surface area contributed by atoms with Crippen molar-refractivity contribution < 1.29 is 24.1 Å². The molecule has 116 valence electrons. The summed E-state index contributed by atoms with van der Waals surface area (Å²) in [4.78, 5) is 12.5. The molecular weight excluding hydrogens is 277 g/mol. The van der Waals surface area contributed by atoms with Gasteiger partial charge in [-0.2, -0.15) is 0 Å². The molecule has 21 heavy (non-hydrogen) atoms. The first kappa shape index (κ1) is 15.7. The average molecular weight is 297 g/mol. The molecule has 1 aromatic carbocycles. The molecule has 5 nitrogen and oxygen atoms in total. The number of carbonyl (C=O) groups is 1. The highest BCUT2D eigenvalue weighted by Crippen LogP contribution is 2.33. The lowest BCUT2D eigenvalue weighted by Gasteiger charge is -2.35. The number of rotatable bonds is 5. The summed E-state index contributed by atoms with van der Waals surface area (Å²) in [6.07, 6.45) is 0.219. The molecule has 1 aliphatic rings. The third kappa shape index (κ3) is 4.15. The van der Waals surface area contributed by atoms with Crippen molar-refractivity contribution in [2.24, 2.45) is 5.92 Å². The van der Waals surface area contributed by atoms with E-state index < -0.39 is 12.2 Å². The fourth-order valence-electron chi connectivity index (χ4n) is 2.80. The summed E-state index contributed by atoms with van der Waals surface area (Å²) in [5.74, 6) is -0.390. The maximum absolute atomic E-state index is 13.4. The molecular formula is C15H20FNO4. The van der Waals surface area contributed by atoms with Crippen LogP contribution in [0, 0.1) is 11.7 Å². The third-order valence-electron chi connectivity index (χ3n) is 3.72. The number of hydrogen-bond donors (Lipinski definition) is 2. The van der Waals surface area contributed by atoms with E-state index in [4.69, 9.17) is 14.9 Å². The molecule has 0 aromatic heterocycles. The number of aliphatic hydroxyl groups excluding tert-OH is 1. The van der Waals surface area contributed by atoms with Crippen molar-refractivity contribution in [3.8, 4) is 0 Å². The molecule has 1 fully saturated rings. The molecule has 6 heteroatoms. The monoisotopic (exact) mass is 297 g/mol. The van der Waals surface area contributed by atoms with Crippen LogP contribution in [0.5, 0.6) is 0 Å². The molecule has 0 radical (unpaired) electrons. The second-order valence-corrected chi connectivity index (χ2v) is 5.20. The molecule has 1 amide bonds. The van der Waals surface area contributed by atoms with Gasteiger partial charge in [0.15, 0.2) is 0 Å². The van der Waals surface area contributed by atoms with Crippen LogP contribution in [0.3, 0.4) is 0 Å². The van der Waals surface area contributed by atoms with Crippen molar-refractivity contribution >= 4 is 6.09 Å². The summed E-state index contributed by atoms with van der Waals surface area (Å²) in [6.45, 7) is 0.898. The van der Waals surface area contributed by atoms with Gasteiger partial charge in [-0.15, -0.1) is 0 Å². The largest absolute Gasteiger partial charge is 0.465 e. The van der Waals surface area contributed by atoms with Gasteiger partial charge in [-0.1, -0.05) is 12.1 Å². The number of ether oxygens (including phenoxy) is 1. The van der Waals surface area contributed by atoms with E-state index in [1.807, 2.05) is 0 Å². The summed E-state index contributed by atoms with van der Waals surface area (Å²) in [5.41, 5.74) is 0.681. The lowest BCUT2D eigenvalue weighted by Crippen LogP contribution is -2.41. The molecule has 0 saturated carbocycles. The Morgan fingerprint density at radius 2 is 2.33 bits per heavy atom. The molecule has 0 aliphatic carbocycles. The van der Waals surface area contributed by atoms with Crippen LogP contribution in [-0.2, 0) is 4.74 Å². The lowest BCUT2D eigenvalue weighted by molar-refractivity contribution is -0.0263. The molecule has 1 aromatic rings. The van der Waals surface area contributed by atoms with Gasteiger partial charge < -0.3 is 19.8 Å². The SMILES string of the molecule is O=C(O)N1CCCC(C(OCCO)c2cccc(F)c2)C1. The Kier molecular flexibility index (Phi) is 5.52. The maximum Gasteiger partial charge on any atom is 0.407 e. The van der Waals surface area contributed by atoms with Crippen molar-refractivity contribution in [3.05, 3.63) is 35.6 Å². The quantitative estimate of drug-likeness (QED) is 0.874. The van der Waals surface area contributed by atoms with E-state index in [-0.39, 0.29) is 24.9 Å². The molecule has 1 saturated heterocycles. The maximum atomic E-state index is 13.4. The average Bonchev–Trinajstić information content (AvgIpc) is 2.48.